The molecule has 3 aromatic carbocycles. The van der Waals surface area contributed by atoms with Gasteiger partial charge in [-0.25, -0.2) is 14.3 Å². The van der Waals surface area contributed by atoms with E-state index in [0.29, 0.717) is 34.2 Å². The summed E-state index contributed by atoms with van der Waals surface area (Å²) in [4.78, 5) is 60.6. The lowest BCUT2D eigenvalue weighted by atomic mass is 10.0. The van der Waals surface area contributed by atoms with E-state index in [1.807, 2.05) is 0 Å². The summed E-state index contributed by atoms with van der Waals surface area (Å²) in [6.45, 7) is 0. The number of halogens is 1. The minimum Gasteiger partial charge on any atom is -0.415 e. The summed E-state index contributed by atoms with van der Waals surface area (Å²) in [5.41, 5.74) is -0.697. The van der Waals surface area contributed by atoms with Gasteiger partial charge in [0.05, 0.1) is 37.0 Å². The largest absolute Gasteiger partial charge is 0.415 e. The van der Waals surface area contributed by atoms with Crippen LogP contribution in [0.3, 0.4) is 0 Å². The molecule has 0 aliphatic rings. The lowest BCUT2D eigenvalue weighted by Crippen LogP contribution is -2.35. The highest BCUT2D eigenvalue weighted by Gasteiger charge is 2.30. The smallest absolute Gasteiger partial charge is 0.346 e. The summed E-state index contributed by atoms with van der Waals surface area (Å²) in [6, 6.07) is 11.1. The average molecular weight is 540 g/mol. The number of carbonyl (C=O) groups excluding carboxylic acids is 1. The Kier molecular flexibility index (Phi) is 7.05. The quantitative estimate of drug-likeness (QED) is 0.0693. The number of rotatable bonds is 9. The van der Waals surface area contributed by atoms with Gasteiger partial charge in [-0.05, 0) is 23.8 Å². The first-order valence-corrected chi connectivity index (χ1v) is 10.6. The predicted molar refractivity (Wildman–Crippen MR) is 128 cm³/mol. The second-order valence-corrected chi connectivity index (χ2v) is 7.75. The molecule has 0 spiro atoms. The Morgan fingerprint density at radius 1 is 1.00 bits per heavy atom. The molecule has 39 heavy (non-hydrogen) atoms. The van der Waals surface area contributed by atoms with E-state index in [-0.39, 0.29) is 6.42 Å². The highest BCUT2D eigenvalue weighted by Crippen LogP contribution is 2.39. The zero-order valence-electron chi connectivity index (χ0n) is 19.3. The number of H-pyrrole nitrogens is 1. The Balaban J connectivity index is 1.69. The number of nitro benzene ring substituents is 2. The molecular formula is C22H15FN7O9+. The number of hydrogen-bond acceptors (Lipinski definition) is 10. The minimum absolute atomic E-state index is 0.0595. The van der Waals surface area contributed by atoms with Crippen molar-refractivity contribution in [1.82, 2.24) is 15.8 Å². The number of ether oxygens (including phenoxy) is 1. The van der Waals surface area contributed by atoms with Crippen LogP contribution in [-0.2, 0) is 6.42 Å². The first-order chi connectivity index (χ1) is 18.5. The Morgan fingerprint density at radius 3 is 2.33 bits per heavy atom. The van der Waals surface area contributed by atoms with Crippen molar-refractivity contribution in [3.8, 4) is 11.5 Å². The van der Waals surface area contributed by atoms with Crippen LogP contribution in [0, 0.1) is 31.0 Å². The number of fused-ring (bicyclic) bond motifs is 1. The number of esters is 1. The van der Waals surface area contributed by atoms with Crippen LogP contribution in [-0.4, -0.2) is 31.0 Å². The van der Waals surface area contributed by atoms with Crippen LogP contribution < -0.4 is 26.6 Å². The van der Waals surface area contributed by atoms with E-state index in [9.17, 15) is 39.1 Å². The Labute approximate surface area is 214 Å². The average Bonchev–Trinajstić information content (AvgIpc) is 2.89. The van der Waals surface area contributed by atoms with Gasteiger partial charge in [-0.15, -0.1) is 5.84 Å². The molecule has 16 nitrogen and oxygen atoms in total. The normalized spacial score (nSPS) is 10.6. The molecule has 198 valence electrons. The van der Waals surface area contributed by atoms with Gasteiger partial charge in [0.25, 0.3) is 10.5 Å². The number of nitrogens with two attached hydrogens (primary N) is 1. The molecule has 4 aromatic rings. The lowest BCUT2D eigenvalue weighted by Gasteiger charge is -2.10. The molecule has 4 rings (SSSR count). The minimum atomic E-state index is -1.38. The predicted octanol–water partition coefficient (Wildman–Crippen LogP) is 2.14. The van der Waals surface area contributed by atoms with Gasteiger partial charge in [0.15, 0.2) is 0 Å². The number of nitrogens with one attached hydrogen (secondary N) is 2. The molecule has 0 atom stereocenters. The molecule has 17 heteroatoms. The summed E-state index contributed by atoms with van der Waals surface area (Å²) in [5, 5.41) is 30.1. The monoisotopic (exact) mass is 540 g/mol. The molecular weight excluding hydrogens is 525 g/mol. The van der Waals surface area contributed by atoms with Crippen LogP contribution in [0.25, 0.3) is 10.8 Å². The SMILES string of the molecule is N[N+](=O)NOc1cc(OC(=O)c2cc(Cc3n[nH]c(=O)c4ccccc34)ccc2F)c([N+](=O)[O-])cc1[N+](=O)[O-]. The summed E-state index contributed by atoms with van der Waals surface area (Å²) in [7, 11) is 0. The first-order valence-electron chi connectivity index (χ1n) is 10.6. The number of nitro groups is 2. The van der Waals surface area contributed by atoms with Crippen molar-refractivity contribution in [2.45, 2.75) is 6.42 Å². The Hall–Kier alpha value is -6.00. The number of hydrazine groups is 2. The van der Waals surface area contributed by atoms with Crippen molar-refractivity contribution in [3.05, 3.63) is 113 Å². The number of benzene rings is 3. The van der Waals surface area contributed by atoms with Crippen molar-refractivity contribution < 1.29 is 33.6 Å². The van der Waals surface area contributed by atoms with Crippen LogP contribution in [0.2, 0.25) is 0 Å². The lowest BCUT2D eigenvalue weighted by molar-refractivity contribution is -0.659. The van der Waals surface area contributed by atoms with E-state index < -0.39 is 60.6 Å². The van der Waals surface area contributed by atoms with Crippen LogP contribution in [0.15, 0.2) is 59.4 Å². The summed E-state index contributed by atoms with van der Waals surface area (Å²) >= 11 is 0. The molecule has 0 saturated heterocycles. The van der Waals surface area contributed by atoms with Gasteiger partial charge in [0, 0.05) is 17.9 Å². The van der Waals surface area contributed by atoms with Gasteiger partial charge in [-0.2, -0.15) is 5.10 Å². The number of aromatic nitrogens is 2. The van der Waals surface area contributed by atoms with E-state index in [4.69, 9.17) is 10.6 Å². The number of aromatic amines is 1. The van der Waals surface area contributed by atoms with E-state index >= 15 is 0 Å². The molecule has 0 unspecified atom stereocenters. The highest BCUT2D eigenvalue weighted by molar-refractivity contribution is 5.92. The zero-order chi connectivity index (χ0) is 28.3. The molecule has 0 saturated carbocycles. The van der Waals surface area contributed by atoms with Crippen LogP contribution >= 0.6 is 0 Å². The topological polar surface area (TPSA) is 226 Å². The van der Waals surface area contributed by atoms with Crippen molar-refractivity contribution in [2.24, 2.45) is 5.84 Å². The maximum absolute atomic E-state index is 14.6. The maximum atomic E-state index is 14.6. The fourth-order valence-electron chi connectivity index (χ4n) is 3.57. The Bertz CT molecular complexity index is 1720. The van der Waals surface area contributed by atoms with Gasteiger partial charge >= 0.3 is 17.3 Å². The zero-order valence-corrected chi connectivity index (χ0v) is 19.3. The fourth-order valence-corrected chi connectivity index (χ4v) is 3.57. The van der Waals surface area contributed by atoms with E-state index in [1.165, 1.54) is 11.7 Å². The van der Waals surface area contributed by atoms with E-state index in [2.05, 4.69) is 15.0 Å². The first kappa shape index (κ1) is 26.1. The van der Waals surface area contributed by atoms with Crippen molar-refractivity contribution in [3.63, 3.8) is 0 Å². The third-order valence-electron chi connectivity index (χ3n) is 5.28. The second-order valence-electron chi connectivity index (χ2n) is 7.75. The van der Waals surface area contributed by atoms with Crippen molar-refractivity contribution in [1.29, 1.82) is 0 Å². The maximum Gasteiger partial charge on any atom is 0.346 e. The van der Waals surface area contributed by atoms with Crippen molar-refractivity contribution in [2.75, 3.05) is 0 Å². The summed E-state index contributed by atoms with van der Waals surface area (Å²) < 4.78 is 19.6. The second kappa shape index (κ2) is 10.5. The molecule has 0 amide bonds. The Morgan fingerprint density at radius 2 is 1.67 bits per heavy atom. The molecule has 1 heterocycles. The fraction of sp³-hybridized carbons (Fsp3) is 0.0455. The molecule has 0 radical (unpaired) electrons. The molecule has 0 aliphatic heterocycles. The summed E-state index contributed by atoms with van der Waals surface area (Å²) in [6.07, 6.45) is 0.0595. The van der Waals surface area contributed by atoms with E-state index in [1.54, 1.807) is 24.3 Å². The third kappa shape index (κ3) is 5.56. The standard InChI is InChI=1S/C22H14FN7O9/c23-15-6-5-11(8-16-12-3-1-2-4-13(12)21(31)26-25-16)7-14(15)22(32)38-19-10-20(39-27-30(24)37)18(29(35)36)9-17(19)28(33)34/h1-7,9-10H,8H2,(H3-,24,26,27,31,37)/p+1. The van der Waals surface area contributed by atoms with Crippen LogP contribution in [0.5, 0.6) is 11.5 Å². The number of nitrogens with zero attached hydrogens (tertiary/aromatic N) is 4. The van der Waals surface area contributed by atoms with Gasteiger partial charge in [-0.1, -0.05) is 24.3 Å². The van der Waals surface area contributed by atoms with Gasteiger partial charge in [0.1, 0.15) is 11.9 Å². The number of carbonyl (C=O) groups is 1. The molecule has 0 aliphatic carbocycles. The molecule has 4 N–H and O–H groups in total. The highest BCUT2D eigenvalue weighted by atomic mass is 19.1. The van der Waals surface area contributed by atoms with Crippen molar-refractivity contribution >= 4 is 28.1 Å². The molecule has 0 fully saturated rings. The summed E-state index contributed by atoms with van der Waals surface area (Å²) in [5.74, 6) is 0.745. The molecule has 1 aromatic heterocycles. The van der Waals surface area contributed by atoms with Gasteiger partial charge in [0.2, 0.25) is 11.5 Å². The third-order valence-corrected chi connectivity index (χ3v) is 5.28. The van der Waals surface area contributed by atoms with Crippen LogP contribution in [0.1, 0.15) is 21.6 Å². The molecule has 0 bridgehead atoms. The van der Waals surface area contributed by atoms with Crippen LogP contribution in [0.4, 0.5) is 15.8 Å². The van der Waals surface area contributed by atoms with E-state index in [0.717, 1.165) is 12.1 Å². The number of nitroso groups, excluding NO2 is 1. The van der Waals surface area contributed by atoms with Gasteiger partial charge < -0.3 is 9.57 Å². The number of hydrogen-bond donors (Lipinski definition) is 3. The van der Waals surface area contributed by atoms with Gasteiger partial charge in [-0.3, -0.25) is 25.0 Å².